The van der Waals surface area contributed by atoms with E-state index in [1.165, 1.54) is 18.7 Å². The van der Waals surface area contributed by atoms with Gasteiger partial charge in [0.15, 0.2) is 6.10 Å². The van der Waals surface area contributed by atoms with Crippen LogP contribution in [0.3, 0.4) is 0 Å². The van der Waals surface area contributed by atoms with E-state index in [1.54, 1.807) is 30.3 Å². The zero-order valence-corrected chi connectivity index (χ0v) is 15.6. The molecule has 138 valence electrons. The number of esters is 1. The van der Waals surface area contributed by atoms with Crippen molar-refractivity contribution >= 4 is 17.7 Å². The number of thioether (sulfide) groups is 1. The largest absolute Gasteiger partial charge is 0.451 e. The van der Waals surface area contributed by atoms with Crippen molar-refractivity contribution in [3.63, 3.8) is 0 Å². The standard InChI is InChI=1S/C21H22F2O2S/c1-14-8-11-17(12-9-14)26-18-13-10-15(2)21(22,23)19(18)25-20(24)16-6-4-3-5-7-16/h3-9,11-12,15,18-19H,10,13H2,1-2H3/t15-,18-,19-/m1/s1. The summed E-state index contributed by atoms with van der Waals surface area (Å²) < 4.78 is 35.1. The molecule has 3 rings (SSSR count). The minimum atomic E-state index is -3.05. The quantitative estimate of drug-likeness (QED) is 0.636. The Morgan fingerprint density at radius 2 is 1.73 bits per heavy atom. The van der Waals surface area contributed by atoms with Gasteiger partial charge in [0.25, 0.3) is 5.92 Å². The van der Waals surface area contributed by atoms with Crippen molar-refractivity contribution in [3.05, 3.63) is 65.7 Å². The molecule has 1 saturated carbocycles. The van der Waals surface area contributed by atoms with E-state index in [9.17, 15) is 13.6 Å². The second kappa shape index (κ2) is 7.78. The van der Waals surface area contributed by atoms with Gasteiger partial charge in [-0.15, -0.1) is 11.8 Å². The number of rotatable bonds is 4. The molecule has 1 aliphatic carbocycles. The van der Waals surface area contributed by atoms with E-state index in [0.717, 1.165) is 10.5 Å². The van der Waals surface area contributed by atoms with E-state index in [1.807, 2.05) is 31.2 Å². The van der Waals surface area contributed by atoms with Gasteiger partial charge in [-0.2, -0.15) is 0 Å². The van der Waals surface area contributed by atoms with Gasteiger partial charge in [-0.3, -0.25) is 0 Å². The molecule has 2 aromatic carbocycles. The van der Waals surface area contributed by atoms with Crippen LogP contribution in [0.1, 0.15) is 35.7 Å². The van der Waals surface area contributed by atoms with Crippen molar-refractivity contribution in [2.45, 2.75) is 48.9 Å². The molecule has 1 fully saturated rings. The van der Waals surface area contributed by atoms with Crippen LogP contribution >= 0.6 is 11.8 Å². The van der Waals surface area contributed by atoms with Crippen LogP contribution in [0.4, 0.5) is 8.78 Å². The van der Waals surface area contributed by atoms with Gasteiger partial charge >= 0.3 is 5.97 Å². The second-order valence-corrected chi connectivity index (χ2v) is 8.13. The van der Waals surface area contributed by atoms with Gasteiger partial charge in [0.2, 0.25) is 0 Å². The van der Waals surface area contributed by atoms with Gasteiger partial charge in [0.1, 0.15) is 0 Å². The highest BCUT2D eigenvalue weighted by Crippen LogP contribution is 2.46. The molecular weight excluding hydrogens is 354 g/mol. The van der Waals surface area contributed by atoms with Crippen LogP contribution < -0.4 is 0 Å². The summed E-state index contributed by atoms with van der Waals surface area (Å²) in [4.78, 5) is 13.3. The maximum absolute atomic E-state index is 14.9. The maximum Gasteiger partial charge on any atom is 0.338 e. The van der Waals surface area contributed by atoms with E-state index in [0.29, 0.717) is 18.4 Å². The SMILES string of the molecule is Cc1ccc(S[C@@H]2CC[C@@H](C)C(F)(F)[C@@H]2OC(=O)c2ccccc2)cc1. The molecule has 5 heteroatoms. The topological polar surface area (TPSA) is 26.3 Å². The number of benzene rings is 2. The van der Waals surface area contributed by atoms with Gasteiger partial charge in [0, 0.05) is 10.8 Å². The average molecular weight is 376 g/mol. The normalized spacial score (nSPS) is 24.8. The number of halogens is 2. The predicted octanol–water partition coefficient (Wildman–Crippen LogP) is 5.75. The molecule has 0 saturated heterocycles. The van der Waals surface area contributed by atoms with Gasteiger partial charge in [-0.05, 0) is 44.0 Å². The van der Waals surface area contributed by atoms with Crippen molar-refractivity contribution in [1.29, 1.82) is 0 Å². The Labute approximate surface area is 156 Å². The van der Waals surface area contributed by atoms with Gasteiger partial charge in [-0.25, -0.2) is 13.6 Å². The number of ether oxygens (including phenoxy) is 1. The molecule has 0 aromatic heterocycles. The molecule has 3 atom stereocenters. The average Bonchev–Trinajstić information content (AvgIpc) is 2.64. The summed E-state index contributed by atoms with van der Waals surface area (Å²) in [6.45, 7) is 3.51. The highest BCUT2D eigenvalue weighted by molar-refractivity contribution is 8.00. The van der Waals surface area contributed by atoms with Gasteiger partial charge in [0.05, 0.1) is 10.8 Å². The minimum Gasteiger partial charge on any atom is -0.451 e. The lowest BCUT2D eigenvalue weighted by molar-refractivity contribution is -0.162. The zero-order valence-electron chi connectivity index (χ0n) is 14.8. The lowest BCUT2D eigenvalue weighted by Crippen LogP contribution is -2.52. The molecule has 26 heavy (non-hydrogen) atoms. The molecule has 0 radical (unpaired) electrons. The number of alkyl halides is 2. The summed E-state index contributed by atoms with van der Waals surface area (Å²) in [5.41, 5.74) is 1.41. The number of aryl methyl sites for hydroxylation is 1. The summed E-state index contributed by atoms with van der Waals surface area (Å²) in [7, 11) is 0. The second-order valence-electron chi connectivity index (χ2n) is 6.81. The van der Waals surface area contributed by atoms with E-state index in [2.05, 4.69) is 0 Å². The van der Waals surface area contributed by atoms with Gasteiger partial charge < -0.3 is 4.74 Å². The van der Waals surface area contributed by atoms with Crippen LogP contribution in [-0.2, 0) is 4.74 Å². The number of carbonyl (C=O) groups excluding carboxylic acids is 1. The first-order valence-electron chi connectivity index (χ1n) is 8.75. The van der Waals surface area contributed by atoms with Crippen molar-refractivity contribution < 1.29 is 18.3 Å². The maximum atomic E-state index is 14.9. The van der Waals surface area contributed by atoms with Crippen LogP contribution in [0.5, 0.6) is 0 Å². The lowest BCUT2D eigenvalue weighted by Gasteiger charge is -2.40. The molecule has 0 unspecified atom stereocenters. The Morgan fingerprint density at radius 1 is 1.08 bits per heavy atom. The van der Waals surface area contributed by atoms with Gasteiger partial charge in [-0.1, -0.05) is 42.8 Å². The smallest absolute Gasteiger partial charge is 0.338 e. The Hall–Kier alpha value is -1.88. The summed E-state index contributed by atoms with van der Waals surface area (Å²) >= 11 is 1.37. The minimum absolute atomic E-state index is 0.292. The summed E-state index contributed by atoms with van der Waals surface area (Å²) in [5, 5.41) is -0.475. The molecule has 2 nitrogen and oxygen atoms in total. The Bertz CT molecular complexity index is 746. The molecule has 0 N–H and O–H groups in total. The fraction of sp³-hybridized carbons (Fsp3) is 0.381. The molecule has 0 heterocycles. The van der Waals surface area contributed by atoms with Crippen LogP contribution in [0.2, 0.25) is 0 Å². The van der Waals surface area contributed by atoms with Crippen LogP contribution in [0.25, 0.3) is 0 Å². The third-order valence-electron chi connectivity index (χ3n) is 4.81. The summed E-state index contributed by atoms with van der Waals surface area (Å²) in [6, 6.07) is 16.1. The van der Waals surface area contributed by atoms with E-state index in [-0.39, 0.29) is 0 Å². The first-order valence-corrected chi connectivity index (χ1v) is 9.63. The highest BCUT2D eigenvalue weighted by atomic mass is 32.2. The molecule has 0 aliphatic heterocycles. The van der Waals surface area contributed by atoms with Crippen LogP contribution in [0, 0.1) is 12.8 Å². The first-order chi connectivity index (χ1) is 12.4. The fourth-order valence-electron chi connectivity index (χ4n) is 3.11. The zero-order chi connectivity index (χ0) is 18.7. The van der Waals surface area contributed by atoms with Crippen molar-refractivity contribution in [1.82, 2.24) is 0 Å². The Morgan fingerprint density at radius 3 is 2.38 bits per heavy atom. The van der Waals surface area contributed by atoms with Crippen molar-refractivity contribution in [2.24, 2.45) is 5.92 Å². The lowest BCUT2D eigenvalue weighted by atomic mass is 9.84. The first kappa shape index (κ1) is 18.9. The molecule has 0 bridgehead atoms. The van der Waals surface area contributed by atoms with E-state index >= 15 is 0 Å². The number of hydrogen-bond acceptors (Lipinski definition) is 3. The number of carbonyl (C=O) groups is 1. The number of hydrogen-bond donors (Lipinski definition) is 0. The van der Waals surface area contributed by atoms with E-state index in [4.69, 9.17) is 4.74 Å². The molecule has 0 amide bonds. The molecule has 0 spiro atoms. The molecular formula is C21H22F2O2S. The Kier molecular flexibility index (Phi) is 5.66. The third kappa shape index (κ3) is 4.09. The monoisotopic (exact) mass is 376 g/mol. The highest BCUT2D eigenvalue weighted by Gasteiger charge is 2.54. The fourth-order valence-corrected chi connectivity index (χ4v) is 4.37. The summed E-state index contributed by atoms with van der Waals surface area (Å²) in [6.07, 6.45) is -0.442. The van der Waals surface area contributed by atoms with Crippen molar-refractivity contribution in [2.75, 3.05) is 0 Å². The summed E-state index contributed by atoms with van der Waals surface area (Å²) in [5.74, 6) is -4.56. The van der Waals surface area contributed by atoms with Crippen LogP contribution in [0.15, 0.2) is 59.5 Å². The Balaban J connectivity index is 1.82. The predicted molar refractivity (Wildman–Crippen MR) is 99.8 cm³/mol. The molecule has 1 aliphatic rings. The van der Waals surface area contributed by atoms with E-state index < -0.39 is 29.2 Å². The molecule has 2 aromatic rings. The third-order valence-corrected chi connectivity index (χ3v) is 6.14. The van der Waals surface area contributed by atoms with Crippen LogP contribution in [-0.4, -0.2) is 23.2 Å². The van der Waals surface area contributed by atoms with Crippen molar-refractivity contribution in [3.8, 4) is 0 Å².